The zero-order valence-electron chi connectivity index (χ0n) is 20.4. The van der Waals surface area contributed by atoms with E-state index in [1.54, 1.807) is 11.9 Å². The summed E-state index contributed by atoms with van der Waals surface area (Å²) >= 11 is 1.39. The van der Waals surface area contributed by atoms with E-state index in [0.717, 1.165) is 34.4 Å². The average Bonchev–Trinajstić information content (AvgIpc) is 2.95. The molecule has 0 unspecified atom stereocenters. The highest BCUT2D eigenvalue weighted by atomic mass is 32.2. The van der Waals surface area contributed by atoms with Gasteiger partial charge >= 0.3 is 0 Å². The van der Waals surface area contributed by atoms with Crippen LogP contribution in [0.2, 0.25) is 0 Å². The summed E-state index contributed by atoms with van der Waals surface area (Å²) < 4.78 is 0. The van der Waals surface area contributed by atoms with Crippen LogP contribution < -0.4 is 0 Å². The van der Waals surface area contributed by atoms with Gasteiger partial charge in [-0.05, 0) is 64.4 Å². The van der Waals surface area contributed by atoms with E-state index in [4.69, 9.17) is 4.99 Å². The predicted molar refractivity (Wildman–Crippen MR) is 137 cm³/mol. The maximum absolute atomic E-state index is 13.0. The Bertz CT molecular complexity index is 1070. The van der Waals surface area contributed by atoms with Gasteiger partial charge in [0.15, 0.2) is 5.17 Å². The van der Waals surface area contributed by atoms with E-state index in [1.807, 2.05) is 36.4 Å². The van der Waals surface area contributed by atoms with Gasteiger partial charge < -0.3 is 5.11 Å². The number of carbonyl (C=O) groups is 1. The van der Waals surface area contributed by atoms with Crippen LogP contribution in [0, 0.1) is 0 Å². The lowest BCUT2D eigenvalue weighted by Crippen LogP contribution is -2.23. The zero-order chi connectivity index (χ0) is 23.8. The Labute approximate surface area is 196 Å². The molecule has 1 N–H and O–H groups in total. The Morgan fingerprint density at radius 2 is 1.59 bits per heavy atom. The summed E-state index contributed by atoms with van der Waals surface area (Å²) in [5.41, 5.74) is 4.28. The van der Waals surface area contributed by atoms with Gasteiger partial charge in [-0.25, -0.2) is 4.99 Å². The summed E-state index contributed by atoms with van der Waals surface area (Å²) in [5.74, 6) is 0.276. The lowest BCUT2D eigenvalue weighted by Gasteiger charge is -2.28. The molecular formula is C27H34N2O2S. The molecule has 1 heterocycles. The van der Waals surface area contributed by atoms with Gasteiger partial charge in [0.05, 0.1) is 10.6 Å². The van der Waals surface area contributed by atoms with Crippen molar-refractivity contribution in [3.8, 4) is 5.75 Å². The van der Waals surface area contributed by atoms with Crippen molar-refractivity contribution in [3.05, 3.63) is 63.6 Å². The standard InChI is InChI=1S/C27H34N2O2S/c1-9-18-12-10-11-13-21(18)28-25-29(8)24(31)22(32-25)16-17-14-19(26(2,3)4)23(30)20(15-17)27(5,6)7/h10-16,30H,9H2,1-8H3/b22-16+,28-25?. The molecule has 3 rings (SSSR count). The van der Waals surface area contributed by atoms with E-state index in [-0.39, 0.29) is 16.7 Å². The van der Waals surface area contributed by atoms with Crippen LogP contribution in [-0.2, 0) is 22.0 Å². The highest BCUT2D eigenvalue weighted by Gasteiger charge is 2.31. The van der Waals surface area contributed by atoms with Crippen molar-refractivity contribution in [3.63, 3.8) is 0 Å². The molecule has 0 saturated carbocycles. The number of phenols is 1. The summed E-state index contributed by atoms with van der Waals surface area (Å²) in [6.45, 7) is 14.6. The van der Waals surface area contributed by atoms with Crippen molar-refractivity contribution in [2.45, 2.75) is 65.7 Å². The first-order chi connectivity index (χ1) is 14.8. The molecule has 1 aliphatic heterocycles. The summed E-state index contributed by atoms with van der Waals surface area (Å²) in [4.78, 5) is 20.0. The molecule has 4 nitrogen and oxygen atoms in total. The number of aryl methyl sites for hydroxylation is 1. The zero-order valence-corrected chi connectivity index (χ0v) is 21.2. The van der Waals surface area contributed by atoms with E-state index in [9.17, 15) is 9.90 Å². The molecule has 0 bridgehead atoms. The molecule has 1 amide bonds. The second-order valence-electron chi connectivity index (χ2n) is 10.3. The summed E-state index contributed by atoms with van der Waals surface area (Å²) in [5, 5.41) is 11.6. The number of hydrogen-bond acceptors (Lipinski definition) is 4. The minimum atomic E-state index is -0.224. The Kier molecular flexibility index (Phi) is 6.62. The first-order valence-electron chi connectivity index (χ1n) is 11.0. The van der Waals surface area contributed by atoms with Gasteiger partial charge in [0.1, 0.15) is 5.75 Å². The van der Waals surface area contributed by atoms with E-state index < -0.39 is 0 Å². The molecular weight excluding hydrogens is 416 g/mol. The number of para-hydroxylation sites is 1. The highest BCUT2D eigenvalue weighted by Crippen LogP contribution is 2.41. The lowest BCUT2D eigenvalue weighted by atomic mass is 9.78. The fraction of sp³-hybridized carbons (Fsp3) is 0.407. The molecule has 1 fully saturated rings. The lowest BCUT2D eigenvalue weighted by molar-refractivity contribution is -0.121. The fourth-order valence-electron chi connectivity index (χ4n) is 3.71. The van der Waals surface area contributed by atoms with E-state index in [0.29, 0.717) is 15.8 Å². The third-order valence-electron chi connectivity index (χ3n) is 5.64. The van der Waals surface area contributed by atoms with Gasteiger partial charge in [0, 0.05) is 18.2 Å². The number of benzene rings is 2. The number of phenolic OH excluding ortho intramolecular Hbond substituents is 1. The number of aromatic hydroxyl groups is 1. The number of likely N-dealkylation sites (N-methyl/N-ethyl adjacent to an activating group) is 1. The van der Waals surface area contributed by atoms with Gasteiger partial charge in [-0.15, -0.1) is 0 Å². The topological polar surface area (TPSA) is 52.9 Å². The van der Waals surface area contributed by atoms with Crippen molar-refractivity contribution < 1.29 is 9.90 Å². The molecule has 2 aromatic carbocycles. The number of carbonyl (C=O) groups excluding carboxylic acids is 1. The van der Waals surface area contributed by atoms with Crippen LogP contribution >= 0.6 is 11.8 Å². The molecule has 0 atom stereocenters. The largest absolute Gasteiger partial charge is 0.507 e. The van der Waals surface area contributed by atoms with Gasteiger partial charge in [-0.1, -0.05) is 66.7 Å². The van der Waals surface area contributed by atoms with Gasteiger partial charge in [-0.3, -0.25) is 9.69 Å². The number of amidine groups is 1. The van der Waals surface area contributed by atoms with Crippen LogP contribution in [0.4, 0.5) is 5.69 Å². The molecule has 170 valence electrons. The van der Waals surface area contributed by atoms with Gasteiger partial charge in [0.2, 0.25) is 0 Å². The van der Waals surface area contributed by atoms with E-state index in [2.05, 4.69) is 54.5 Å². The summed E-state index contributed by atoms with van der Waals surface area (Å²) in [6.07, 6.45) is 2.80. The smallest absolute Gasteiger partial charge is 0.266 e. The number of amides is 1. The number of aliphatic imine (C=N–C) groups is 1. The monoisotopic (exact) mass is 450 g/mol. The number of rotatable bonds is 3. The number of hydrogen-bond donors (Lipinski definition) is 1. The maximum Gasteiger partial charge on any atom is 0.266 e. The van der Waals surface area contributed by atoms with Crippen LogP contribution in [0.25, 0.3) is 6.08 Å². The number of nitrogens with zero attached hydrogens (tertiary/aromatic N) is 2. The molecule has 0 aliphatic carbocycles. The third-order valence-corrected chi connectivity index (χ3v) is 6.70. The Balaban J connectivity index is 2.07. The minimum absolute atomic E-state index is 0.0644. The molecule has 0 spiro atoms. The quantitative estimate of drug-likeness (QED) is 0.524. The average molecular weight is 451 g/mol. The van der Waals surface area contributed by atoms with Crippen LogP contribution in [0.15, 0.2) is 46.3 Å². The molecule has 0 aromatic heterocycles. The molecule has 2 aromatic rings. The van der Waals surface area contributed by atoms with Crippen LogP contribution in [-0.4, -0.2) is 28.1 Å². The predicted octanol–water partition coefficient (Wildman–Crippen LogP) is 6.78. The van der Waals surface area contributed by atoms with Crippen molar-refractivity contribution >= 4 is 34.6 Å². The van der Waals surface area contributed by atoms with Gasteiger partial charge in [-0.2, -0.15) is 0 Å². The van der Waals surface area contributed by atoms with Crippen LogP contribution in [0.5, 0.6) is 5.75 Å². The third kappa shape index (κ3) is 4.93. The maximum atomic E-state index is 13.0. The molecule has 1 aliphatic rings. The van der Waals surface area contributed by atoms with E-state index >= 15 is 0 Å². The summed E-state index contributed by atoms with van der Waals surface area (Å²) in [7, 11) is 1.77. The Morgan fingerprint density at radius 1 is 1.03 bits per heavy atom. The van der Waals surface area contributed by atoms with Crippen molar-refractivity contribution in [1.82, 2.24) is 4.90 Å². The number of thioether (sulfide) groups is 1. The molecule has 32 heavy (non-hydrogen) atoms. The van der Waals surface area contributed by atoms with Gasteiger partial charge in [0.25, 0.3) is 5.91 Å². The van der Waals surface area contributed by atoms with Crippen molar-refractivity contribution in [2.75, 3.05) is 7.05 Å². The Hall–Kier alpha value is -2.53. The second kappa shape index (κ2) is 8.78. The van der Waals surface area contributed by atoms with Crippen molar-refractivity contribution in [2.24, 2.45) is 4.99 Å². The normalized spacial score (nSPS) is 17.6. The molecule has 5 heteroatoms. The second-order valence-corrected chi connectivity index (χ2v) is 11.3. The van der Waals surface area contributed by atoms with E-state index in [1.165, 1.54) is 11.8 Å². The Morgan fingerprint density at radius 3 is 2.12 bits per heavy atom. The van der Waals surface area contributed by atoms with Crippen molar-refractivity contribution in [1.29, 1.82) is 0 Å². The fourth-order valence-corrected chi connectivity index (χ4v) is 4.69. The van der Waals surface area contributed by atoms with Crippen LogP contribution in [0.1, 0.15) is 70.7 Å². The first kappa shape index (κ1) is 24.1. The summed E-state index contributed by atoms with van der Waals surface area (Å²) in [6, 6.07) is 12.0. The first-order valence-corrected chi connectivity index (χ1v) is 11.9. The van der Waals surface area contributed by atoms with Crippen LogP contribution in [0.3, 0.4) is 0 Å². The molecule has 1 saturated heterocycles. The molecule has 0 radical (unpaired) electrons. The SMILES string of the molecule is CCc1ccccc1N=C1S/C(=C/c2cc(C(C)(C)C)c(O)c(C(C)(C)C)c2)C(=O)N1C. The highest BCUT2D eigenvalue weighted by molar-refractivity contribution is 8.18. The minimum Gasteiger partial charge on any atom is -0.507 e.